The van der Waals surface area contributed by atoms with Crippen molar-refractivity contribution in [1.82, 2.24) is 4.90 Å². The van der Waals surface area contributed by atoms with E-state index in [0.29, 0.717) is 12.3 Å². The first kappa shape index (κ1) is 12.0. The summed E-state index contributed by atoms with van der Waals surface area (Å²) in [5.41, 5.74) is 0. The fourth-order valence-electron chi connectivity index (χ4n) is 1.22. The van der Waals surface area contributed by atoms with Crippen LogP contribution in [-0.2, 0) is 4.79 Å². The van der Waals surface area contributed by atoms with Gasteiger partial charge in [0.1, 0.15) is 5.92 Å². The minimum Gasteiger partial charge on any atom is -0.344 e. The van der Waals surface area contributed by atoms with Crippen LogP contribution in [0.4, 0.5) is 0 Å². The summed E-state index contributed by atoms with van der Waals surface area (Å²) in [6.45, 7) is 6.68. The van der Waals surface area contributed by atoms with Crippen LogP contribution in [0.25, 0.3) is 0 Å². The second-order valence-corrected chi connectivity index (χ2v) is 3.70. The standard InChI is InChI=1S/C10H18N2O/c1-5-9(6-11)10(13)12(4)7-8(2)3/h8-9H,5,7H2,1-4H3. The quantitative estimate of drug-likeness (QED) is 0.663. The Labute approximate surface area is 80.3 Å². The van der Waals surface area contributed by atoms with Crippen molar-refractivity contribution < 1.29 is 4.79 Å². The van der Waals surface area contributed by atoms with E-state index in [2.05, 4.69) is 13.8 Å². The van der Waals surface area contributed by atoms with Crippen LogP contribution < -0.4 is 0 Å². The maximum Gasteiger partial charge on any atom is 0.239 e. The van der Waals surface area contributed by atoms with Crippen LogP contribution in [0.5, 0.6) is 0 Å². The Morgan fingerprint density at radius 2 is 2.08 bits per heavy atom. The minimum atomic E-state index is -0.469. The molecule has 0 aliphatic rings. The molecular formula is C10H18N2O. The Kier molecular flexibility index (Phi) is 5.13. The molecule has 0 heterocycles. The average Bonchev–Trinajstić information content (AvgIpc) is 2.05. The monoisotopic (exact) mass is 182 g/mol. The number of rotatable bonds is 4. The number of hydrogen-bond acceptors (Lipinski definition) is 2. The van der Waals surface area contributed by atoms with E-state index in [1.54, 1.807) is 11.9 Å². The fourth-order valence-corrected chi connectivity index (χ4v) is 1.22. The summed E-state index contributed by atoms with van der Waals surface area (Å²) < 4.78 is 0. The number of hydrogen-bond donors (Lipinski definition) is 0. The number of amides is 1. The van der Waals surface area contributed by atoms with Crippen molar-refractivity contribution in [2.24, 2.45) is 11.8 Å². The highest BCUT2D eigenvalue weighted by atomic mass is 16.2. The highest BCUT2D eigenvalue weighted by molar-refractivity contribution is 5.80. The first-order valence-corrected chi connectivity index (χ1v) is 4.67. The van der Waals surface area contributed by atoms with Crippen LogP contribution in [0.2, 0.25) is 0 Å². The molecule has 1 unspecified atom stereocenters. The minimum absolute atomic E-state index is 0.0568. The summed E-state index contributed by atoms with van der Waals surface area (Å²) in [6, 6.07) is 2.01. The molecule has 0 spiro atoms. The molecule has 0 N–H and O–H groups in total. The van der Waals surface area contributed by atoms with Gasteiger partial charge in [-0.2, -0.15) is 5.26 Å². The van der Waals surface area contributed by atoms with Gasteiger partial charge in [0, 0.05) is 13.6 Å². The van der Waals surface area contributed by atoms with Gasteiger partial charge in [0.05, 0.1) is 6.07 Å². The van der Waals surface area contributed by atoms with Crippen molar-refractivity contribution in [3.63, 3.8) is 0 Å². The van der Waals surface area contributed by atoms with E-state index in [-0.39, 0.29) is 5.91 Å². The lowest BCUT2D eigenvalue weighted by atomic mass is 10.1. The van der Waals surface area contributed by atoms with Crippen LogP contribution in [0, 0.1) is 23.2 Å². The van der Waals surface area contributed by atoms with Gasteiger partial charge in [0.15, 0.2) is 0 Å². The lowest BCUT2D eigenvalue weighted by Crippen LogP contribution is -2.34. The SMILES string of the molecule is CCC(C#N)C(=O)N(C)CC(C)C. The van der Waals surface area contributed by atoms with Crippen molar-refractivity contribution in [2.45, 2.75) is 27.2 Å². The third kappa shape index (κ3) is 3.93. The van der Waals surface area contributed by atoms with Gasteiger partial charge < -0.3 is 4.90 Å². The molecule has 0 aromatic carbocycles. The molecule has 0 radical (unpaired) electrons. The number of carbonyl (C=O) groups is 1. The molecule has 1 amide bonds. The van der Waals surface area contributed by atoms with Crippen LogP contribution in [0.1, 0.15) is 27.2 Å². The van der Waals surface area contributed by atoms with E-state index < -0.39 is 5.92 Å². The van der Waals surface area contributed by atoms with Crippen LogP contribution >= 0.6 is 0 Å². The number of nitriles is 1. The summed E-state index contributed by atoms with van der Waals surface area (Å²) in [6.07, 6.45) is 0.595. The molecule has 0 aliphatic carbocycles. The highest BCUT2D eigenvalue weighted by Crippen LogP contribution is 2.06. The van der Waals surface area contributed by atoms with Crippen LogP contribution in [0.3, 0.4) is 0 Å². The van der Waals surface area contributed by atoms with Crippen LogP contribution in [0.15, 0.2) is 0 Å². The molecule has 0 fully saturated rings. The Hall–Kier alpha value is -1.04. The molecule has 0 saturated carbocycles. The second kappa shape index (κ2) is 5.58. The van der Waals surface area contributed by atoms with Gasteiger partial charge in [-0.1, -0.05) is 20.8 Å². The molecule has 0 aromatic heterocycles. The molecule has 0 bridgehead atoms. The predicted molar refractivity (Wildman–Crippen MR) is 51.9 cm³/mol. The lowest BCUT2D eigenvalue weighted by molar-refractivity contribution is -0.132. The molecule has 3 heteroatoms. The molecule has 0 aliphatic heterocycles. The predicted octanol–water partition coefficient (Wildman–Crippen LogP) is 1.65. The van der Waals surface area contributed by atoms with Gasteiger partial charge in [-0.15, -0.1) is 0 Å². The summed E-state index contributed by atoms with van der Waals surface area (Å²) in [5.74, 6) is -0.0763. The number of nitrogens with zero attached hydrogens (tertiary/aromatic N) is 2. The molecular weight excluding hydrogens is 164 g/mol. The maximum atomic E-state index is 11.5. The third-order valence-corrected chi connectivity index (χ3v) is 1.88. The molecule has 3 nitrogen and oxygen atoms in total. The number of carbonyl (C=O) groups excluding carboxylic acids is 1. The van der Waals surface area contributed by atoms with Crippen molar-refractivity contribution >= 4 is 5.91 Å². The van der Waals surface area contributed by atoms with Crippen LogP contribution in [-0.4, -0.2) is 24.4 Å². The Balaban J connectivity index is 4.17. The Morgan fingerprint density at radius 1 is 1.54 bits per heavy atom. The Bertz CT molecular complexity index is 205. The van der Waals surface area contributed by atoms with E-state index in [9.17, 15) is 4.79 Å². The molecule has 0 saturated heterocycles. The largest absolute Gasteiger partial charge is 0.344 e. The zero-order valence-corrected chi connectivity index (χ0v) is 8.87. The van der Waals surface area contributed by atoms with E-state index >= 15 is 0 Å². The average molecular weight is 182 g/mol. The zero-order valence-electron chi connectivity index (χ0n) is 8.87. The fraction of sp³-hybridized carbons (Fsp3) is 0.800. The summed E-state index contributed by atoms with van der Waals surface area (Å²) in [7, 11) is 1.75. The van der Waals surface area contributed by atoms with Crippen molar-refractivity contribution in [1.29, 1.82) is 5.26 Å². The second-order valence-electron chi connectivity index (χ2n) is 3.70. The summed E-state index contributed by atoms with van der Waals surface area (Å²) in [5, 5.41) is 8.68. The molecule has 0 aromatic rings. The molecule has 74 valence electrons. The molecule has 0 rings (SSSR count). The Morgan fingerprint density at radius 3 is 2.38 bits per heavy atom. The van der Waals surface area contributed by atoms with E-state index in [1.165, 1.54) is 0 Å². The normalized spacial score (nSPS) is 12.3. The van der Waals surface area contributed by atoms with Gasteiger partial charge in [-0.05, 0) is 12.3 Å². The van der Waals surface area contributed by atoms with E-state index in [4.69, 9.17) is 5.26 Å². The van der Waals surface area contributed by atoms with Gasteiger partial charge >= 0.3 is 0 Å². The third-order valence-electron chi connectivity index (χ3n) is 1.88. The van der Waals surface area contributed by atoms with Crippen molar-refractivity contribution in [3.8, 4) is 6.07 Å². The zero-order chi connectivity index (χ0) is 10.4. The topological polar surface area (TPSA) is 44.1 Å². The summed E-state index contributed by atoms with van der Waals surface area (Å²) >= 11 is 0. The van der Waals surface area contributed by atoms with Gasteiger partial charge in [-0.25, -0.2) is 0 Å². The first-order chi connectivity index (χ1) is 6.02. The van der Waals surface area contributed by atoms with Gasteiger partial charge in [-0.3, -0.25) is 4.79 Å². The maximum absolute atomic E-state index is 11.5. The molecule has 13 heavy (non-hydrogen) atoms. The van der Waals surface area contributed by atoms with E-state index in [1.807, 2.05) is 13.0 Å². The lowest BCUT2D eigenvalue weighted by Gasteiger charge is -2.21. The van der Waals surface area contributed by atoms with Gasteiger partial charge in [0.2, 0.25) is 5.91 Å². The highest BCUT2D eigenvalue weighted by Gasteiger charge is 2.19. The first-order valence-electron chi connectivity index (χ1n) is 4.67. The van der Waals surface area contributed by atoms with Gasteiger partial charge in [0.25, 0.3) is 0 Å². The van der Waals surface area contributed by atoms with Crippen molar-refractivity contribution in [3.05, 3.63) is 0 Å². The smallest absolute Gasteiger partial charge is 0.239 e. The molecule has 1 atom stereocenters. The van der Waals surface area contributed by atoms with E-state index in [0.717, 1.165) is 6.54 Å². The summed E-state index contributed by atoms with van der Waals surface area (Å²) in [4.78, 5) is 13.2. The van der Waals surface area contributed by atoms with Crippen molar-refractivity contribution in [2.75, 3.05) is 13.6 Å².